The van der Waals surface area contributed by atoms with Crippen LogP contribution in [0, 0.1) is 0 Å². The van der Waals surface area contributed by atoms with E-state index in [0.717, 1.165) is 11.8 Å². The van der Waals surface area contributed by atoms with Crippen molar-refractivity contribution in [2.24, 2.45) is 0 Å². The SMILES string of the molecule is CCOC(OCC)O[Si]CCS. The van der Waals surface area contributed by atoms with E-state index < -0.39 is 6.48 Å². The molecule has 0 unspecified atom stereocenters. The van der Waals surface area contributed by atoms with Gasteiger partial charge in [-0.05, 0) is 25.6 Å². The lowest BCUT2D eigenvalue weighted by molar-refractivity contribution is -0.243. The molecule has 0 saturated carbocycles. The van der Waals surface area contributed by atoms with Crippen LogP contribution in [0.4, 0.5) is 0 Å². The molecule has 0 N–H and O–H groups in total. The molecule has 0 spiro atoms. The highest BCUT2D eigenvalue weighted by Gasteiger charge is 2.06. The summed E-state index contributed by atoms with van der Waals surface area (Å²) in [5, 5.41) is 0. The van der Waals surface area contributed by atoms with Crippen molar-refractivity contribution in [1.82, 2.24) is 0 Å². The smallest absolute Gasteiger partial charge is 0.261 e. The molecule has 0 aromatic rings. The number of ether oxygens (including phenoxy) is 2. The van der Waals surface area contributed by atoms with E-state index in [-0.39, 0.29) is 0 Å². The summed E-state index contributed by atoms with van der Waals surface area (Å²) < 4.78 is 15.6. The lowest BCUT2D eigenvalue weighted by Crippen LogP contribution is -2.23. The summed E-state index contributed by atoms with van der Waals surface area (Å²) in [5.74, 6) is 0.837. The monoisotopic (exact) mass is 208 g/mol. The largest absolute Gasteiger partial charge is 0.372 e. The Hall–Kier alpha value is 0.447. The standard InChI is InChI=1S/C7H16O3SSi/c1-3-8-7(9-4-2)10-12-6-5-11/h7,11H,3-6H2,1-2H3. The first-order valence-electron chi connectivity index (χ1n) is 4.07. The molecule has 3 nitrogen and oxygen atoms in total. The van der Waals surface area contributed by atoms with Gasteiger partial charge in [0.1, 0.15) is 0 Å². The Morgan fingerprint density at radius 2 is 1.83 bits per heavy atom. The molecule has 0 amide bonds. The summed E-state index contributed by atoms with van der Waals surface area (Å²) in [5.41, 5.74) is 0. The molecule has 0 bridgehead atoms. The van der Waals surface area contributed by atoms with Gasteiger partial charge in [0.2, 0.25) is 9.76 Å². The van der Waals surface area contributed by atoms with Crippen LogP contribution in [0.15, 0.2) is 0 Å². The maximum atomic E-state index is 5.30. The molecule has 0 heterocycles. The highest BCUT2D eigenvalue weighted by Crippen LogP contribution is 1.97. The van der Waals surface area contributed by atoms with E-state index in [1.54, 1.807) is 0 Å². The fraction of sp³-hybridized carbons (Fsp3) is 1.00. The second kappa shape index (κ2) is 9.53. The second-order valence-corrected chi connectivity index (χ2v) is 3.41. The first-order valence-corrected chi connectivity index (χ1v) is 5.82. The van der Waals surface area contributed by atoms with E-state index in [9.17, 15) is 0 Å². The summed E-state index contributed by atoms with van der Waals surface area (Å²) in [6, 6.07) is 0.944. The van der Waals surface area contributed by atoms with Gasteiger partial charge in [-0.3, -0.25) is 0 Å². The average Bonchev–Trinajstić information content (AvgIpc) is 2.06. The molecule has 0 aliphatic carbocycles. The Bertz CT molecular complexity index is 88.7. The van der Waals surface area contributed by atoms with E-state index in [1.807, 2.05) is 13.8 Å². The first kappa shape index (κ1) is 12.4. The molecule has 12 heavy (non-hydrogen) atoms. The minimum absolute atomic E-state index is 0.406. The quantitative estimate of drug-likeness (QED) is 0.282. The molecule has 0 fully saturated rings. The van der Waals surface area contributed by atoms with Crippen molar-refractivity contribution >= 4 is 22.4 Å². The van der Waals surface area contributed by atoms with Gasteiger partial charge in [0.25, 0.3) is 6.48 Å². The van der Waals surface area contributed by atoms with Gasteiger partial charge in [-0.15, -0.1) is 0 Å². The second-order valence-electron chi connectivity index (χ2n) is 1.94. The summed E-state index contributed by atoms with van der Waals surface area (Å²) in [6.07, 6.45) is 0. The molecule has 2 radical (unpaired) electrons. The van der Waals surface area contributed by atoms with Gasteiger partial charge in [0.05, 0.1) is 0 Å². The molecule has 0 atom stereocenters. The van der Waals surface area contributed by atoms with Gasteiger partial charge in [-0.1, -0.05) is 0 Å². The third kappa shape index (κ3) is 7.12. The van der Waals surface area contributed by atoms with Gasteiger partial charge in [-0.2, -0.15) is 12.6 Å². The van der Waals surface area contributed by atoms with Crippen LogP contribution in [0.5, 0.6) is 0 Å². The zero-order valence-corrected chi connectivity index (χ0v) is 9.47. The molecule has 0 rings (SSSR count). The predicted octanol–water partition coefficient (Wildman–Crippen LogP) is 1.33. The molecule has 0 aliphatic rings. The summed E-state index contributed by atoms with van der Waals surface area (Å²) in [6.45, 7) is 4.55. The van der Waals surface area contributed by atoms with E-state index in [1.165, 1.54) is 0 Å². The Morgan fingerprint density at radius 1 is 1.25 bits per heavy atom. The molecule has 72 valence electrons. The zero-order chi connectivity index (χ0) is 9.23. The fourth-order valence-electron chi connectivity index (χ4n) is 0.561. The zero-order valence-electron chi connectivity index (χ0n) is 7.58. The van der Waals surface area contributed by atoms with Gasteiger partial charge in [0, 0.05) is 13.2 Å². The van der Waals surface area contributed by atoms with Crippen LogP contribution >= 0.6 is 12.6 Å². The van der Waals surface area contributed by atoms with E-state index in [4.69, 9.17) is 13.9 Å². The number of rotatable bonds is 8. The lowest BCUT2D eigenvalue weighted by atomic mass is 10.8. The summed E-state index contributed by atoms with van der Waals surface area (Å²) in [4.78, 5) is 0. The molecule has 0 aromatic heterocycles. The van der Waals surface area contributed by atoms with E-state index >= 15 is 0 Å². The predicted molar refractivity (Wildman–Crippen MR) is 52.5 cm³/mol. The molecule has 0 aromatic carbocycles. The Morgan fingerprint density at radius 3 is 2.25 bits per heavy atom. The maximum Gasteiger partial charge on any atom is 0.261 e. The normalized spacial score (nSPS) is 11.0. The van der Waals surface area contributed by atoms with Crippen molar-refractivity contribution in [3.05, 3.63) is 0 Å². The van der Waals surface area contributed by atoms with Crippen molar-refractivity contribution in [3.8, 4) is 0 Å². The van der Waals surface area contributed by atoms with Crippen LogP contribution in [0.2, 0.25) is 6.04 Å². The average molecular weight is 208 g/mol. The van der Waals surface area contributed by atoms with E-state index in [0.29, 0.717) is 23.0 Å². The van der Waals surface area contributed by atoms with Crippen molar-refractivity contribution < 1.29 is 13.9 Å². The highest BCUT2D eigenvalue weighted by atomic mass is 32.1. The Labute approximate surface area is 82.1 Å². The third-order valence-corrected chi connectivity index (χ3v) is 2.46. The Kier molecular flexibility index (Phi) is 9.89. The number of hydrogen-bond donors (Lipinski definition) is 1. The van der Waals surface area contributed by atoms with Crippen LogP contribution < -0.4 is 0 Å². The van der Waals surface area contributed by atoms with Crippen molar-refractivity contribution in [3.63, 3.8) is 0 Å². The summed E-state index contributed by atoms with van der Waals surface area (Å²) in [7, 11) is 0.406. The van der Waals surface area contributed by atoms with Crippen LogP contribution in [0.1, 0.15) is 13.8 Å². The summed E-state index contributed by atoms with van der Waals surface area (Å²) >= 11 is 4.07. The van der Waals surface area contributed by atoms with Crippen molar-refractivity contribution in [2.45, 2.75) is 26.4 Å². The van der Waals surface area contributed by atoms with Gasteiger partial charge < -0.3 is 13.9 Å². The third-order valence-electron chi connectivity index (χ3n) is 0.999. The van der Waals surface area contributed by atoms with E-state index in [2.05, 4.69) is 12.6 Å². The van der Waals surface area contributed by atoms with Crippen molar-refractivity contribution in [1.29, 1.82) is 0 Å². The first-order chi connectivity index (χ1) is 5.85. The van der Waals surface area contributed by atoms with Crippen LogP contribution in [-0.4, -0.2) is 35.2 Å². The van der Waals surface area contributed by atoms with Crippen LogP contribution in [-0.2, 0) is 13.9 Å². The van der Waals surface area contributed by atoms with Gasteiger partial charge in [0.15, 0.2) is 0 Å². The van der Waals surface area contributed by atoms with Gasteiger partial charge >= 0.3 is 0 Å². The minimum atomic E-state index is -0.488. The molecule has 0 aliphatic heterocycles. The molecular formula is C7H16O3SSi. The highest BCUT2D eigenvalue weighted by molar-refractivity contribution is 7.80. The minimum Gasteiger partial charge on any atom is -0.372 e. The van der Waals surface area contributed by atoms with Crippen molar-refractivity contribution in [2.75, 3.05) is 19.0 Å². The van der Waals surface area contributed by atoms with Gasteiger partial charge in [-0.25, -0.2) is 0 Å². The lowest BCUT2D eigenvalue weighted by Gasteiger charge is -2.16. The number of thiol groups is 1. The Balaban J connectivity index is 3.34. The fourth-order valence-corrected chi connectivity index (χ4v) is 1.32. The topological polar surface area (TPSA) is 27.7 Å². The molecule has 0 saturated heterocycles. The number of hydrogen-bond acceptors (Lipinski definition) is 4. The maximum absolute atomic E-state index is 5.30. The molecular weight excluding hydrogens is 192 g/mol. The molecule has 5 heteroatoms. The van der Waals surface area contributed by atoms with Crippen LogP contribution in [0.25, 0.3) is 0 Å². The van der Waals surface area contributed by atoms with Crippen LogP contribution in [0.3, 0.4) is 0 Å².